The maximum atomic E-state index is 13.6. The third-order valence-electron chi connectivity index (χ3n) is 4.70. The van der Waals surface area contributed by atoms with Crippen molar-refractivity contribution in [3.05, 3.63) is 93.4 Å². The van der Waals surface area contributed by atoms with Crippen LogP contribution in [-0.4, -0.2) is 21.6 Å². The van der Waals surface area contributed by atoms with Crippen LogP contribution in [0.25, 0.3) is 0 Å². The molecule has 0 saturated heterocycles. The molecule has 1 aliphatic carbocycles. The van der Waals surface area contributed by atoms with Crippen molar-refractivity contribution in [1.82, 2.24) is 0 Å². The summed E-state index contributed by atoms with van der Waals surface area (Å²) >= 11 is 14.2. The Hall–Kier alpha value is -1.50. The first-order valence-electron chi connectivity index (χ1n) is 10.1. The molecule has 3 rings (SSSR count). The molecule has 0 heterocycles. The molecule has 2 aromatic rings. The normalized spacial score (nSPS) is 14.5. The van der Waals surface area contributed by atoms with E-state index >= 15 is 0 Å². The van der Waals surface area contributed by atoms with Crippen LogP contribution in [-0.2, 0) is 17.6 Å². The summed E-state index contributed by atoms with van der Waals surface area (Å²) < 4.78 is 15.4. The molecule has 1 unspecified atom stereocenters. The summed E-state index contributed by atoms with van der Waals surface area (Å²) in [7, 11) is -1.42. The van der Waals surface area contributed by atoms with Gasteiger partial charge in [0.1, 0.15) is 11.0 Å². The van der Waals surface area contributed by atoms with E-state index in [1.165, 1.54) is 4.90 Å². The van der Waals surface area contributed by atoms with Gasteiger partial charge in [0.05, 0.1) is 12.3 Å². The van der Waals surface area contributed by atoms with Crippen LogP contribution in [0.1, 0.15) is 24.8 Å². The first-order chi connectivity index (χ1) is 15.1. The number of thioether (sulfide) groups is 1. The van der Waals surface area contributed by atoms with E-state index in [1.807, 2.05) is 52.5 Å². The van der Waals surface area contributed by atoms with Gasteiger partial charge >= 0.3 is 0 Å². The fourth-order valence-electron chi connectivity index (χ4n) is 3.11. The van der Waals surface area contributed by atoms with Gasteiger partial charge in [0.15, 0.2) is 0 Å². The summed E-state index contributed by atoms with van der Waals surface area (Å²) in [5.41, 5.74) is 1.41. The monoisotopic (exact) mass is 493 g/mol. The lowest BCUT2D eigenvalue weighted by molar-refractivity contribution is 0.282. The quantitative estimate of drug-likeness (QED) is 0.290. The van der Waals surface area contributed by atoms with E-state index < -0.39 is 11.0 Å². The van der Waals surface area contributed by atoms with Crippen LogP contribution < -0.4 is 4.31 Å². The molecule has 164 valence electrons. The second-order valence-corrected chi connectivity index (χ2v) is 10.4. The molecule has 1 atom stereocenters. The predicted molar refractivity (Wildman–Crippen MR) is 135 cm³/mol. The summed E-state index contributed by atoms with van der Waals surface area (Å²) in [4.78, 5) is 2.01. The van der Waals surface area contributed by atoms with Crippen molar-refractivity contribution in [2.45, 2.75) is 30.8 Å². The van der Waals surface area contributed by atoms with Crippen molar-refractivity contribution >= 4 is 51.6 Å². The molecule has 0 aliphatic heterocycles. The first kappa shape index (κ1) is 24.1. The molecule has 0 radical (unpaired) electrons. The van der Waals surface area contributed by atoms with Crippen molar-refractivity contribution in [3.63, 3.8) is 0 Å². The van der Waals surface area contributed by atoms with Gasteiger partial charge in [-0.25, -0.2) is 4.21 Å². The summed E-state index contributed by atoms with van der Waals surface area (Å²) in [5, 5.41) is 11.0. The zero-order valence-electron chi connectivity index (χ0n) is 17.0. The van der Waals surface area contributed by atoms with Gasteiger partial charge in [-0.05, 0) is 61.1 Å². The SMILES string of the molecule is O=S(C1=CC=C(Cl)C=CC1)N(CCCCSc1ccccc1)c1cc(Cl)ccc1CO. The highest BCUT2D eigenvalue weighted by molar-refractivity contribution is 7.99. The van der Waals surface area contributed by atoms with Gasteiger partial charge in [-0.15, -0.1) is 11.8 Å². The van der Waals surface area contributed by atoms with Gasteiger partial charge in [0, 0.05) is 38.4 Å². The van der Waals surface area contributed by atoms with E-state index in [0.717, 1.165) is 23.5 Å². The van der Waals surface area contributed by atoms with Crippen LogP contribution in [0.2, 0.25) is 5.02 Å². The number of rotatable bonds is 10. The number of aliphatic hydroxyl groups is 1. The summed E-state index contributed by atoms with van der Waals surface area (Å²) in [5.74, 6) is 0.983. The molecule has 0 bridgehead atoms. The van der Waals surface area contributed by atoms with Gasteiger partial charge in [0.25, 0.3) is 0 Å². The van der Waals surface area contributed by atoms with Gasteiger partial charge in [-0.2, -0.15) is 0 Å². The third-order valence-corrected chi connectivity index (χ3v) is 7.82. The van der Waals surface area contributed by atoms with Crippen LogP contribution in [0.3, 0.4) is 0 Å². The Morgan fingerprint density at radius 1 is 1.06 bits per heavy atom. The largest absolute Gasteiger partial charge is 0.392 e. The molecule has 1 aliphatic rings. The Bertz CT molecular complexity index is 990. The Balaban J connectivity index is 1.74. The van der Waals surface area contributed by atoms with Crippen molar-refractivity contribution in [3.8, 4) is 0 Å². The number of unbranched alkanes of at least 4 members (excludes halogenated alkanes) is 1. The van der Waals surface area contributed by atoms with Crippen molar-refractivity contribution < 1.29 is 9.32 Å². The lowest BCUT2D eigenvalue weighted by Crippen LogP contribution is -2.29. The van der Waals surface area contributed by atoms with E-state index in [9.17, 15) is 9.32 Å². The number of aliphatic hydroxyl groups excluding tert-OH is 1. The predicted octanol–water partition coefficient (Wildman–Crippen LogP) is 6.84. The molecule has 0 saturated carbocycles. The number of halogens is 2. The smallest absolute Gasteiger partial charge is 0.149 e. The third kappa shape index (κ3) is 7.26. The lowest BCUT2D eigenvalue weighted by Gasteiger charge is -2.26. The van der Waals surface area contributed by atoms with Gasteiger partial charge in [-0.3, -0.25) is 4.31 Å². The van der Waals surface area contributed by atoms with Crippen molar-refractivity contribution in [2.75, 3.05) is 16.6 Å². The van der Waals surface area contributed by atoms with Gasteiger partial charge in [-0.1, -0.05) is 53.5 Å². The maximum absolute atomic E-state index is 13.6. The molecule has 0 aromatic heterocycles. The minimum absolute atomic E-state index is 0.144. The molecule has 31 heavy (non-hydrogen) atoms. The van der Waals surface area contributed by atoms with Crippen molar-refractivity contribution in [2.24, 2.45) is 0 Å². The van der Waals surface area contributed by atoms with Crippen LogP contribution in [0.4, 0.5) is 5.69 Å². The summed E-state index contributed by atoms with van der Waals surface area (Å²) in [6.45, 7) is 0.447. The highest BCUT2D eigenvalue weighted by atomic mass is 35.5. The van der Waals surface area contributed by atoms with E-state index in [2.05, 4.69) is 12.1 Å². The summed E-state index contributed by atoms with van der Waals surface area (Å²) in [6, 6.07) is 15.6. The topological polar surface area (TPSA) is 40.5 Å². The molecule has 0 amide bonds. The zero-order valence-corrected chi connectivity index (χ0v) is 20.2. The number of hydrogen-bond acceptors (Lipinski definition) is 3. The second-order valence-electron chi connectivity index (χ2n) is 6.94. The number of anilines is 1. The standard InChI is InChI=1S/C24H25Cl2NO2S2/c25-20-7-6-10-23(14-13-20)31(29)27(24-17-21(26)12-11-19(24)18-28)15-4-5-16-30-22-8-2-1-3-9-22/h1-3,6-9,11-14,17,28H,4-5,10,15-16,18H2. The molecule has 1 N–H and O–H groups in total. The number of allylic oxidation sites excluding steroid dienone is 6. The Labute approximate surface area is 201 Å². The Morgan fingerprint density at radius 3 is 2.65 bits per heavy atom. The van der Waals surface area contributed by atoms with Crippen LogP contribution in [0.5, 0.6) is 0 Å². The van der Waals surface area contributed by atoms with Crippen LogP contribution in [0.15, 0.2) is 87.7 Å². The highest BCUT2D eigenvalue weighted by Crippen LogP contribution is 2.30. The highest BCUT2D eigenvalue weighted by Gasteiger charge is 2.21. The van der Waals surface area contributed by atoms with E-state index in [-0.39, 0.29) is 6.61 Å². The fraction of sp³-hybridized carbons (Fsp3) is 0.250. The average molecular weight is 495 g/mol. The first-order valence-corrected chi connectivity index (χ1v) is 12.9. The zero-order chi connectivity index (χ0) is 22.1. The Kier molecular flexibility index (Phi) is 9.75. The molecule has 7 heteroatoms. The number of benzene rings is 2. The molecule has 2 aromatic carbocycles. The van der Waals surface area contributed by atoms with Crippen LogP contribution >= 0.6 is 35.0 Å². The van der Waals surface area contributed by atoms with Crippen molar-refractivity contribution in [1.29, 1.82) is 0 Å². The maximum Gasteiger partial charge on any atom is 0.149 e. The van der Waals surface area contributed by atoms with Gasteiger partial charge < -0.3 is 5.11 Å². The van der Waals surface area contributed by atoms with E-state index in [0.29, 0.717) is 34.3 Å². The minimum atomic E-state index is -1.42. The fourth-order valence-corrected chi connectivity index (χ4v) is 5.72. The van der Waals surface area contributed by atoms with Gasteiger partial charge in [0.2, 0.25) is 0 Å². The average Bonchev–Trinajstić information content (AvgIpc) is 3.01. The minimum Gasteiger partial charge on any atom is -0.392 e. The lowest BCUT2D eigenvalue weighted by atomic mass is 10.2. The molecule has 0 fully saturated rings. The molecule has 0 spiro atoms. The second kappa shape index (κ2) is 12.5. The number of hydrogen-bond donors (Lipinski definition) is 1. The Morgan fingerprint density at radius 2 is 1.87 bits per heavy atom. The van der Waals surface area contributed by atoms with Crippen LogP contribution in [0, 0.1) is 0 Å². The number of nitrogens with zero attached hydrogens (tertiary/aromatic N) is 1. The van der Waals surface area contributed by atoms with E-state index in [4.69, 9.17) is 23.2 Å². The summed E-state index contributed by atoms with van der Waals surface area (Å²) in [6.07, 6.45) is 9.70. The molecular formula is C24H25Cl2NO2S2. The molecule has 3 nitrogen and oxygen atoms in total. The molecular weight excluding hydrogens is 469 g/mol. The van der Waals surface area contributed by atoms with E-state index in [1.54, 1.807) is 24.3 Å².